The maximum Gasteiger partial charge on any atom is 0.270 e. The molecule has 1 fully saturated rings. The minimum Gasteiger partial charge on any atom is -0.398 e. The van der Waals surface area contributed by atoms with Gasteiger partial charge in [0.15, 0.2) is 0 Å². The predicted molar refractivity (Wildman–Crippen MR) is 118 cm³/mol. The van der Waals surface area contributed by atoms with Gasteiger partial charge in [0, 0.05) is 31.3 Å². The van der Waals surface area contributed by atoms with Gasteiger partial charge in [-0.1, -0.05) is 6.07 Å². The highest BCUT2D eigenvalue weighted by molar-refractivity contribution is 7.17. The number of thiazole rings is 1. The summed E-state index contributed by atoms with van der Waals surface area (Å²) in [5.74, 6) is 0.0313. The topological polar surface area (TPSA) is 99.1 Å². The number of hydrogen-bond donors (Lipinski definition) is 1. The van der Waals surface area contributed by atoms with Crippen molar-refractivity contribution < 1.29 is 13.3 Å². The summed E-state index contributed by atoms with van der Waals surface area (Å²) in [4.78, 5) is 25.8. The number of nitrogens with two attached hydrogens (primary N) is 1. The third kappa shape index (κ3) is 3.39. The third-order valence-electron chi connectivity index (χ3n) is 5.39. The summed E-state index contributed by atoms with van der Waals surface area (Å²) in [5, 5.41) is 10.1. The van der Waals surface area contributed by atoms with Gasteiger partial charge in [0.1, 0.15) is 27.9 Å². The van der Waals surface area contributed by atoms with Crippen LogP contribution in [-0.4, -0.2) is 41.7 Å². The fourth-order valence-electron chi connectivity index (χ4n) is 3.79. The first kappa shape index (κ1) is 16.2. The number of nitrogens with zero attached hydrogens (tertiary/aromatic N) is 5. The van der Waals surface area contributed by atoms with Crippen molar-refractivity contribution in [2.24, 2.45) is 0 Å². The minimum absolute atomic E-state index is 0.0601. The van der Waals surface area contributed by atoms with Crippen LogP contribution in [0.25, 0.3) is 10.6 Å². The number of nitriles is 1. The summed E-state index contributed by atoms with van der Waals surface area (Å²) < 4.78 is 38.0. The molecule has 0 radical (unpaired) electrons. The minimum atomic E-state index is -0.918. The molecule has 2 aromatic heterocycles. The van der Waals surface area contributed by atoms with E-state index in [1.807, 2.05) is 6.07 Å². The fourth-order valence-corrected chi connectivity index (χ4v) is 4.84. The molecule has 2 aliphatic rings. The van der Waals surface area contributed by atoms with Gasteiger partial charge in [0.25, 0.3) is 5.91 Å². The Labute approximate surface area is 186 Å². The van der Waals surface area contributed by atoms with E-state index in [9.17, 15) is 14.4 Å². The number of amides is 1. The van der Waals surface area contributed by atoms with Crippen molar-refractivity contribution in [1.82, 2.24) is 9.97 Å². The van der Waals surface area contributed by atoms with E-state index in [0.717, 1.165) is 11.3 Å². The van der Waals surface area contributed by atoms with E-state index in [-0.39, 0.29) is 48.2 Å². The highest BCUT2D eigenvalue weighted by Gasteiger charge is 2.31. The van der Waals surface area contributed by atoms with Crippen LogP contribution in [0.2, 0.25) is 0 Å². The molecule has 0 spiro atoms. The average Bonchev–Trinajstić information content (AvgIpc) is 3.43. The van der Waals surface area contributed by atoms with Crippen LogP contribution in [0.3, 0.4) is 0 Å². The highest BCUT2D eigenvalue weighted by atomic mass is 32.1. The van der Waals surface area contributed by atoms with Gasteiger partial charge in [-0.25, -0.2) is 14.4 Å². The molecule has 1 aromatic carbocycles. The second-order valence-electron chi connectivity index (χ2n) is 7.34. The second kappa shape index (κ2) is 7.63. The Morgan fingerprint density at radius 2 is 2.23 bits per heavy atom. The monoisotopic (exact) mass is 440 g/mol. The number of fused-ring (bicyclic) bond motifs is 1. The maximum absolute atomic E-state index is 13.6. The van der Waals surface area contributed by atoms with Crippen LogP contribution in [0, 0.1) is 11.3 Å². The first-order chi connectivity index (χ1) is 16.3. The van der Waals surface area contributed by atoms with Crippen molar-refractivity contribution in [3.05, 3.63) is 52.6 Å². The van der Waals surface area contributed by atoms with Gasteiger partial charge in [-0.05, 0) is 30.6 Å². The molecule has 2 N–H and O–H groups in total. The lowest BCUT2D eigenvalue weighted by atomic mass is 10.1. The molecule has 1 amide bonds. The molecule has 2 aliphatic heterocycles. The predicted octanol–water partition coefficient (Wildman–Crippen LogP) is 3.41. The van der Waals surface area contributed by atoms with E-state index >= 15 is 0 Å². The lowest BCUT2D eigenvalue weighted by Crippen LogP contribution is -2.37. The van der Waals surface area contributed by atoms with Crippen molar-refractivity contribution in [2.45, 2.75) is 19.0 Å². The lowest BCUT2D eigenvalue weighted by Gasteiger charge is -2.27. The Bertz CT molecular complexity index is 1370. The molecule has 3 aromatic rings. The van der Waals surface area contributed by atoms with Crippen molar-refractivity contribution in [3.8, 4) is 16.6 Å². The maximum atomic E-state index is 13.6. The van der Waals surface area contributed by atoms with Crippen molar-refractivity contribution in [2.75, 3.05) is 35.2 Å². The average molecular weight is 441 g/mol. The Morgan fingerprint density at radius 3 is 2.97 bits per heavy atom. The summed E-state index contributed by atoms with van der Waals surface area (Å²) >= 11 is 1.16. The van der Waals surface area contributed by atoms with Gasteiger partial charge in [0.2, 0.25) is 0 Å². The smallest absolute Gasteiger partial charge is 0.270 e. The summed E-state index contributed by atoms with van der Waals surface area (Å²) in [6, 6.07) is 4.68. The van der Waals surface area contributed by atoms with Crippen LogP contribution in [0.5, 0.6) is 0 Å². The number of hydrogen-bond acceptors (Lipinski definition) is 7. The zero-order valence-corrected chi connectivity index (χ0v) is 17.2. The Kier molecular flexibility index (Phi) is 3.99. The molecular weight excluding hydrogens is 415 g/mol. The van der Waals surface area contributed by atoms with E-state index in [0.29, 0.717) is 46.3 Å². The number of halogens is 1. The number of benzene rings is 1. The number of alkyl halides is 1. The van der Waals surface area contributed by atoms with E-state index in [2.05, 4.69) is 9.97 Å². The quantitative estimate of drug-likeness (QED) is 0.627. The molecule has 31 heavy (non-hydrogen) atoms. The van der Waals surface area contributed by atoms with E-state index in [4.69, 9.17) is 9.85 Å². The zero-order chi connectivity index (χ0) is 24.1. The fraction of sp³-hybridized carbons (Fsp3) is 0.273. The summed E-state index contributed by atoms with van der Waals surface area (Å²) in [6.07, 6.45) is 1.49. The molecule has 0 saturated carbocycles. The molecule has 9 heteroatoms. The van der Waals surface area contributed by atoms with Gasteiger partial charge in [-0.3, -0.25) is 4.79 Å². The molecule has 4 heterocycles. The number of pyridine rings is 1. The molecule has 1 unspecified atom stereocenters. The van der Waals surface area contributed by atoms with Crippen LogP contribution < -0.4 is 15.5 Å². The van der Waals surface area contributed by atoms with Crippen molar-refractivity contribution in [1.29, 1.82) is 5.26 Å². The van der Waals surface area contributed by atoms with Crippen molar-refractivity contribution in [3.63, 3.8) is 0 Å². The van der Waals surface area contributed by atoms with Crippen LogP contribution >= 0.6 is 11.3 Å². The third-order valence-corrected chi connectivity index (χ3v) is 6.53. The van der Waals surface area contributed by atoms with E-state index in [1.54, 1.807) is 17.2 Å². The summed E-state index contributed by atoms with van der Waals surface area (Å²) in [5.41, 5.74) is 7.04. The van der Waals surface area contributed by atoms with Crippen LogP contribution in [0.4, 0.5) is 21.6 Å². The van der Waals surface area contributed by atoms with Crippen LogP contribution in [0.1, 0.15) is 31.5 Å². The van der Waals surface area contributed by atoms with Gasteiger partial charge in [-0.15, -0.1) is 11.3 Å². The number of nitrogen functional groups attached to an aromatic ring is 1. The molecule has 1 saturated heterocycles. The number of rotatable bonds is 3. The molecule has 0 aliphatic carbocycles. The first-order valence-electron chi connectivity index (χ1n) is 11.3. The molecular formula is C22H19FN6OS. The number of anilines is 3. The normalized spacial score (nSPS) is 19.5. The second-order valence-corrected chi connectivity index (χ2v) is 8.34. The standard InChI is InChI=1S/C22H19FN6OS/c23-14-6-8-28(12-14)19-5-4-13(11-26-19)21-27-17-7-9-29(22(30)20(17)31-21)18-3-1-2-16(25)15(18)10-24/h1-5,11,14H,6-9,12,25H2/i2T,3T,5T. The Balaban J connectivity index is 1.47. The molecule has 7 nitrogen and oxygen atoms in total. The first-order valence-corrected chi connectivity index (χ1v) is 10.6. The summed E-state index contributed by atoms with van der Waals surface area (Å²) in [7, 11) is 0. The summed E-state index contributed by atoms with van der Waals surface area (Å²) in [6.45, 7) is 0.957. The van der Waals surface area contributed by atoms with Gasteiger partial charge >= 0.3 is 0 Å². The van der Waals surface area contributed by atoms with Gasteiger partial charge in [0.05, 0.1) is 33.3 Å². The molecule has 0 bridgehead atoms. The number of carbonyl (C=O) groups is 1. The Morgan fingerprint density at radius 1 is 1.35 bits per heavy atom. The van der Waals surface area contributed by atoms with Crippen molar-refractivity contribution >= 4 is 34.4 Å². The molecule has 1 atom stereocenters. The number of aromatic nitrogens is 2. The molecule has 5 rings (SSSR count). The highest BCUT2D eigenvalue weighted by Crippen LogP contribution is 2.35. The van der Waals surface area contributed by atoms with Gasteiger partial charge < -0.3 is 15.5 Å². The van der Waals surface area contributed by atoms with E-state index < -0.39 is 12.1 Å². The van der Waals surface area contributed by atoms with Crippen LogP contribution in [-0.2, 0) is 6.42 Å². The van der Waals surface area contributed by atoms with E-state index in [1.165, 1.54) is 11.0 Å². The largest absolute Gasteiger partial charge is 0.398 e. The van der Waals surface area contributed by atoms with Gasteiger partial charge in [-0.2, -0.15) is 5.26 Å². The molecule has 156 valence electrons. The zero-order valence-electron chi connectivity index (χ0n) is 19.4. The number of carbonyl (C=O) groups excluding carboxylic acids is 1. The Hall–Kier alpha value is -3.51. The van der Waals surface area contributed by atoms with Crippen LogP contribution in [0.15, 0.2) is 36.5 Å². The SMILES string of the molecule is [3H]c1cc(-c2nc3c(s2)C(=O)N(c2c([3H])cc([3H])c(N)c2C#N)CC3)cnc1N1CCC(F)C1. The lowest BCUT2D eigenvalue weighted by molar-refractivity contribution is 0.0984.